The van der Waals surface area contributed by atoms with Gasteiger partial charge in [0.1, 0.15) is 5.65 Å². The van der Waals surface area contributed by atoms with Gasteiger partial charge in [0, 0.05) is 12.2 Å². The summed E-state index contributed by atoms with van der Waals surface area (Å²) >= 11 is 0. The molecule has 0 unspecified atom stereocenters. The number of aromatic nitrogens is 4. The summed E-state index contributed by atoms with van der Waals surface area (Å²) in [6, 6.07) is 6.15. The molecule has 1 aliphatic carbocycles. The van der Waals surface area contributed by atoms with Crippen molar-refractivity contribution >= 4 is 5.65 Å². The van der Waals surface area contributed by atoms with Gasteiger partial charge in [0.25, 0.3) is 0 Å². The van der Waals surface area contributed by atoms with Gasteiger partial charge in [-0.05, 0) is 38.3 Å². The van der Waals surface area contributed by atoms with Crippen LogP contribution in [0.1, 0.15) is 36.5 Å². The van der Waals surface area contributed by atoms with Crippen molar-refractivity contribution < 1.29 is 4.52 Å². The minimum atomic E-state index is -0.139. The first-order chi connectivity index (χ1) is 10.3. The van der Waals surface area contributed by atoms with Crippen molar-refractivity contribution in [2.24, 2.45) is 0 Å². The second-order valence-electron chi connectivity index (χ2n) is 5.65. The maximum atomic E-state index is 4.90. The van der Waals surface area contributed by atoms with E-state index < -0.39 is 0 Å². The standard InChI is InChI=1S/C15H17N5O/c1-11-4-2-5-13-16-8-12(20(11)13)9-18-15(6-3-7-15)14-17-10-21-19-14/h2,4-5,8,10,18H,3,6-7,9H2,1H3. The first-order valence-corrected chi connectivity index (χ1v) is 7.22. The summed E-state index contributed by atoms with van der Waals surface area (Å²) in [7, 11) is 0. The number of aryl methyl sites for hydroxylation is 1. The molecule has 6 heteroatoms. The van der Waals surface area contributed by atoms with E-state index in [0.717, 1.165) is 36.6 Å². The third kappa shape index (κ3) is 1.94. The van der Waals surface area contributed by atoms with E-state index in [-0.39, 0.29) is 5.54 Å². The molecule has 0 amide bonds. The van der Waals surface area contributed by atoms with E-state index in [1.807, 2.05) is 18.3 Å². The Balaban J connectivity index is 1.61. The zero-order chi connectivity index (χ0) is 14.3. The number of imidazole rings is 1. The Morgan fingerprint density at radius 3 is 2.95 bits per heavy atom. The smallest absolute Gasteiger partial charge is 0.213 e. The number of hydrogen-bond donors (Lipinski definition) is 1. The molecule has 1 saturated carbocycles. The Morgan fingerprint density at radius 2 is 2.24 bits per heavy atom. The molecule has 21 heavy (non-hydrogen) atoms. The lowest BCUT2D eigenvalue weighted by atomic mass is 9.76. The molecule has 1 aliphatic rings. The summed E-state index contributed by atoms with van der Waals surface area (Å²) in [6.07, 6.45) is 6.60. The second kappa shape index (κ2) is 4.66. The summed E-state index contributed by atoms with van der Waals surface area (Å²) in [4.78, 5) is 8.69. The molecular formula is C15H17N5O. The van der Waals surface area contributed by atoms with Gasteiger partial charge in [-0.1, -0.05) is 11.2 Å². The first kappa shape index (κ1) is 12.5. The summed E-state index contributed by atoms with van der Waals surface area (Å²) < 4.78 is 7.08. The second-order valence-corrected chi connectivity index (χ2v) is 5.65. The Kier molecular flexibility index (Phi) is 2.78. The van der Waals surface area contributed by atoms with Crippen LogP contribution in [0.4, 0.5) is 0 Å². The fourth-order valence-electron chi connectivity index (χ4n) is 3.05. The van der Waals surface area contributed by atoms with Crippen LogP contribution in [0.15, 0.2) is 35.3 Å². The number of fused-ring (bicyclic) bond motifs is 1. The summed E-state index contributed by atoms with van der Waals surface area (Å²) in [5.74, 6) is 0.763. The Morgan fingerprint density at radius 1 is 1.33 bits per heavy atom. The molecule has 1 fully saturated rings. The molecule has 1 N–H and O–H groups in total. The van der Waals surface area contributed by atoms with Gasteiger partial charge in [-0.3, -0.25) is 5.32 Å². The molecule has 0 aliphatic heterocycles. The van der Waals surface area contributed by atoms with Crippen LogP contribution in [0.3, 0.4) is 0 Å². The minimum absolute atomic E-state index is 0.139. The van der Waals surface area contributed by atoms with Crippen LogP contribution < -0.4 is 5.32 Å². The molecule has 0 bridgehead atoms. The highest BCUT2D eigenvalue weighted by Crippen LogP contribution is 2.39. The molecule has 108 valence electrons. The summed E-state index contributed by atoms with van der Waals surface area (Å²) in [6.45, 7) is 2.83. The van der Waals surface area contributed by atoms with Crippen LogP contribution in [0.2, 0.25) is 0 Å². The van der Waals surface area contributed by atoms with Crippen molar-refractivity contribution in [3.63, 3.8) is 0 Å². The van der Waals surface area contributed by atoms with Gasteiger partial charge < -0.3 is 8.92 Å². The lowest BCUT2D eigenvalue weighted by Gasteiger charge is -2.39. The van der Waals surface area contributed by atoms with Crippen LogP contribution in [0.25, 0.3) is 5.65 Å². The van der Waals surface area contributed by atoms with Gasteiger partial charge in [-0.2, -0.15) is 4.98 Å². The van der Waals surface area contributed by atoms with E-state index in [1.54, 1.807) is 0 Å². The number of pyridine rings is 1. The monoisotopic (exact) mass is 283 g/mol. The van der Waals surface area contributed by atoms with E-state index >= 15 is 0 Å². The molecule has 4 rings (SSSR count). The Bertz CT molecular complexity index is 758. The average Bonchev–Trinajstić information content (AvgIpc) is 3.08. The van der Waals surface area contributed by atoms with Crippen molar-refractivity contribution in [2.75, 3.05) is 0 Å². The molecule has 3 aromatic rings. The Hall–Kier alpha value is -2.21. The van der Waals surface area contributed by atoms with Gasteiger partial charge in [0.2, 0.25) is 6.39 Å². The van der Waals surface area contributed by atoms with Gasteiger partial charge in [-0.15, -0.1) is 0 Å². The van der Waals surface area contributed by atoms with Gasteiger partial charge >= 0.3 is 0 Å². The Labute approximate surface area is 122 Å². The number of nitrogens with one attached hydrogen (secondary N) is 1. The van der Waals surface area contributed by atoms with Crippen LogP contribution in [-0.4, -0.2) is 19.5 Å². The summed E-state index contributed by atoms with van der Waals surface area (Å²) in [5.41, 5.74) is 3.18. The summed E-state index contributed by atoms with van der Waals surface area (Å²) in [5, 5.41) is 7.63. The van der Waals surface area contributed by atoms with Crippen LogP contribution in [0, 0.1) is 6.92 Å². The van der Waals surface area contributed by atoms with E-state index in [0.29, 0.717) is 0 Å². The van der Waals surface area contributed by atoms with Crippen LogP contribution >= 0.6 is 0 Å². The van der Waals surface area contributed by atoms with Crippen molar-refractivity contribution in [3.8, 4) is 0 Å². The van der Waals surface area contributed by atoms with E-state index in [2.05, 4.69) is 37.8 Å². The fraction of sp³-hybridized carbons (Fsp3) is 0.400. The highest BCUT2D eigenvalue weighted by atomic mass is 16.5. The van der Waals surface area contributed by atoms with E-state index in [1.165, 1.54) is 18.5 Å². The zero-order valence-corrected chi connectivity index (χ0v) is 11.9. The predicted molar refractivity (Wildman–Crippen MR) is 76.6 cm³/mol. The van der Waals surface area contributed by atoms with Gasteiger partial charge in [-0.25, -0.2) is 4.98 Å². The number of hydrogen-bond acceptors (Lipinski definition) is 5. The fourth-order valence-corrected chi connectivity index (χ4v) is 3.05. The molecule has 6 nitrogen and oxygen atoms in total. The molecule has 0 spiro atoms. The van der Waals surface area contributed by atoms with E-state index in [4.69, 9.17) is 4.52 Å². The molecule has 0 radical (unpaired) electrons. The molecule has 0 aromatic carbocycles. The molecule has 3 heterocycles. The van der Waals surface area contributed by atoms with Crippen LogP contribution in [0.5, 0.6) is 0 Å². The highest BCUT2D eigenvalue weighted by molar-refractivity contribution is 5.42. The lowest BCUT2D eigenvalue weighted by molar-refractivity contribution is 0.164. The average molecular weight is 283 g/mol. The van der Waals surface area contributed by atoms with Crippen molar-refractivity contribution in [1.29, 1.82) is 0 Å². The third-order valence-electron chi connectivity index (χ3n) is 4.40. The van der Waals surface area contributed by atoms with Gasteiger partial charge in [0.15, 0.2) is 5.82 Å². The third-order valence-corrected chi connectivity index (χ3v) is 4.40. The molecule has 0 atom stereocenters. The molecular weight excluding hydrogens is 266 g/mol. The van der Waals surface area contributed by atoms with Gasteiger partial charge in [0.05, 0.1) is 17.4 Å². The maximum absolute atomic E-state index is 4.90. The SMILES string of the molecule is Cc1cccc2ncc(CNC3(c4ncon4)CCC3)n12. The minimum Gasteiger partial charge on any atom is -0.343 e. The predicted octanol–water partition coefficient (Wildman–Crippen LogP) is 2.19. The first-order valence-electron chi connectivity index (χ1n) is 7.22. The lowest BCUT2D eigenvalue weighted by Crippen LogP contribution is -2.48. The largest absolute Gasteiger partial charge is 0.343 e. The number of nitrogens with zero attached hydrogens (tertiary/aromatic N) is 4. The van der Waals surface area contributed by atoms with Crippen molar-refractivity contribution in [1.82, 2.24) is 24.8 Å². The van der Waals surface area contributed by atoms with Crippen molar-refractivity contribution in [2.45, 2.75) is 38.3 Å². The highest BCUT2D eigenvalue weighted by Gasteiger charge is 2.42. The zero-order valence-electron chi connectivity index (χ0n) is 11.9. The molecule has 0 saturated heterocycles. The quantitative estimate of drug-likeness (QED) is 0.795. The van der Waals surface area contributed by atoms with Crippen molar-refractivity contribution in [3.05, 3.63) is 48.0 Å². The maximum Gasteiger partial charge on any atom is 0.213 e. The normalized spacial score (nSPS) is 17.0. The molecule has 3 aromatic heterocycles. The van der Waals surface area contributed by atoms with Crippen LogP contribution in [-0.2, 0) is 12.1 Å². The number of rotatable bonds is 4. The van der Waals surface area contributed by atoms with E-state index in [9.17, 15) is 0 Å². The topological polar surface area (TPSA) is 68.2 Å².